The Labute approximate surface area is 193 Å². The second-order valence-corrected chi connectivity index (χ2v) is 7.90. The van der Waals surface area contributed by atoms with Gasteiger partial charge in [-0.1, -0.05) is 28.1 Å². The fraction of sp³-hybridized carbons (Fsp3) is 0.208. The van der Waals surface area contributed by atoms with Gasteiger partial charge in [-0.3, -0.25) is 9.59 Å². The van der Waals surface area contributed by atoms with E-state index in [2.05, 4.69) is 15.9 Å². The lowest BCUT2D eigenvalue weighted by Gasteiger charge is -2.13. The summed E-state index contributed by atoms with van der Waals surface area (Å²) in [4.78, 5) is 25.7. The van der Waals surface area contributed by atoms with E-state index in [1.54, 1.807) is 7.11 Å². The van der Waals surface area contributed by atoms with Crippen molar-refractivity contribution in [2.75, 3.05) is 13.7 Å². The van der Waals surface area contributed by atoms with Crippen LogP contribution in [-0.2, 0) is 17.9 Å². The van der Waals surface area contributed by atoms with E-state index in [0.717, 1.165) is 16.1 Å². The molecule has 1 heterocycles. The predicted molar refractivity (Wildman–Crippen MR) is 120 cm³/mol. The average Bonchev–Trinajstić information content (AvgIpc) is 2.79. The highest BCUT2D eigenvalue weighted by Gasteiger charge is 2.19. The normalized spacial score (nSPS) is 10.6. The van der Waals surface area contributed by atoms with E-state index in [9.17, 15) is 19.2 Å². The van der Waals surface area contributed by atoms with Gasteiger partial charge in [0.25, 0.3) is 5.56 Å². The second kappa shape index (κ2) is 10.8. The molecule has 0 aliphatic carbocycles. The summed E-state index contributed by atoms with van der Waals surface area (Å²) in [7, 11) is 1.54. The molecule has 0 amide bonds. The molecular formula is C24H20BrFN2O4. The molecule has 0 unspecified atom stereocenters. The number of halogens is 2. The number of nitrogens with zero attached hydrogens (tertiary/aromatic N) is 2. The third-order valence-electron chi connectivity index (χ3n) is 4.69. The Morgan fingerprint density at radius 1 is 1.22 bits per heavy atom. The Bertz CT molecular complexity index is 1230. The monoisotopic (exact) mass is 498 g/mol. The van der Waals surface area contributed by atoms with Gasteiger partial charge in [-0.05, 0) is 48.4 Å². The topological polar surface area (TPSA) is 81.3 Å². The smallest absolute Gasteiger partial charge is 0.268 e. The van der Waals surface area contributed by atoms with E-state index in [-0.39, 0.29) is 35.6 Å². The van der Waals surface area contributed by atoms with Gasteiger partial charge in [-0.2, -0.15) is 5.26 Å². The van der Waals surface area contributed by atoms with Crippen LogP contribution in [0.2, 0.25) is 0 Å². The van der Waals surface area contributed by atoms with Crippen molar-refractivity contribution < 1.29 is 18.7 Å². The van der Waals surface area contributed by atoms with E-state index in [0.29, 0.717) is 13.0 Å². The van der Waals surface area contributed by atoms with Crippen molar-refractivity contribution in [3.63, 3.8) is 0 Å². The first-order chi connectivity index (χ1) is 15.4. The van der Waals surface area contributed by atoms with Crippen LogP contribution in [0.15, 0.2) is 64.0 Å². The number of rotatable bonds is 9. The molecule has 3 rings (SSSR count). The first-order valence-corrected chi connectivity index (χ1v) is 10.6. The number of benzene rings is 2. The second-order valence-electron chi connectivity index (χ2n) is 6.99. The molecule has 1 aromatic heterocycles. The van der Waals surface area contributed by atoms with Crippen LogP contribution < -0.4 is 10.3 Å². The molecule has 6 nitrogen and oxygen atoms in total. The number of ether oxygens (including phenoxy) is 2. The van der Waals surface area contributed by atoms with Gasteiger partial charge < -0.3 is 14.0 Å². The van der Waals surface area contributed by atoms with Crippen molar-refractivity contribution in [2.24, 2.45) is 0 Å². The maximum atomic E-state index is 14.0. The van der Waals surface area contributed by atoms with Gasteiger partial charge in [0.1, 0.15) is 29.8 Å². The van der Waals surface area contributed by atoms with Crippen molar-refractivity contribution in [2.45, 2.75) is 19.6 Å². The quantitative estimate of drug-likeness (QED) is 0.321. The van der Waals surface area contributed by atoms with Gasteiger partial charge in [-0.15, -0.1) is 0 Å². The average molecular weight is 499 g/mol. The fourth-order valence-electron chi connectivity index (χ4n) is 3.13. The van der Waals surface area contributed by atoms with Crippen LogP contribution in [0.1, 0.15) is 33.5 Å². The van der Waals surface area contributed by atoms with E-state index in [1.165, 1.54) is 29.0 Å². The molecule has 0 fully saturated rings. The summed E-state index contributed by atoms with van der Waals surface area (Å²) in [5.41, 5.74) is 0.301. The number of pyridine rings is 1. The summed E-state index contributed by atoms with van der Waals surface area (Å²) in [6, 6.07) is 14.2. The molecule has 0 saturated heterocycles. The van der Waals surface area contributed by atoms with Crippen LogP contribution in [0.25, 0.3) is 0 Å². The number of hydrogen-bond acceptors (Lipinski definition) is 5. The van der Waals surface area contributed by atoms with E-state index >= 15 is 0 Å². The number of carbonyl (C=O) groups is 1. The van der Waals surface area contributed by atoms with Gasteiger partial charge in [0.2, 0.25) is 0 Å². The van der Waals surface area contributed by atoms with Crippen molar-refractivity contribution in [1.82, 2.24) is 4.57 Å². The Morgan fingerprint density at radius 2 is 2.03 bits per heavy atom. The lowest BCUT2D eigenvalue weighted by atomic mass is 10.0. The number of carbonyl (C=O) groups excluding carboxylic acids is 1. The first-order valence-electron chi connectivity index (χ1n) is 9.78. The minimum Gasteiger partial charge on any atom is -0.488 e. The third-order valence-corrected chi connectivity index (χ3v) is 5.18. The molecule has 2 aromatic carbocycles. The lowest BCUT2D eigenvalue weighted by molar-refractivity contribution is 0.103. The molecule has 0 aliphatic rings. The summed E-state index contributed by atoms with van der Waals surface area (Å²) >= 11 is 3.39. The summed E-state index contributed by atoms with van der Waals surface area (Å²) < 4.78 is 27.0. The molecule has 0 N–H and O–H groups in total. The predicted octanol–water partition coefficient (Wildman–Crippen LogP) is 4.47. The van der Waals surface area contributed by atoms with Crippen LogP contribution >= 0.6 is 15.9 Å². The summed E-state index contributed by atoms with van der Waals surface area (Å²) in [6.07, 6.45) is 1.91. The Morgan fingerprint density at radius 3 is 2.75 bits per heavy atom. The van der Waals surface area contributed by atoms with Crippen LogP contribution in [-0.4, -0.2) is 24.1 Å². The minimum atomic E-state index is -0.600. The molecule has 3 aromatic rings. The fourth-order valence-corrected chi connectivity index (χ4v) is 3.58. The zero-order valence-corrected chi connectivity index (χ0v) is 18.9. The maximum absolute atomic E-state index is 14.0. The van der Waals surface area contributed by atoms with Crippen molar-refractivity contribution in [3.8, 4) is 11.8 Å². The largest absolute Gasteiger partial charge is 0.488 e. The zero-order chi connectivity index (χ0) is 23.1. The summed E-state index contributed by atoms with van der Waals surface area (Å²) in [6.45, 7) is 0.868. The first kappa shape index (κ1) is 23.4. The molecular weight excluding hydrogens is 479 g/mol. The number of hydrogen-bond donors (Lipinski definition) is 0. The zero-order valence-electron chi connectivity index (χ0n) is 17.3. The van der Waals surface area contributed by atoms with Crippen molar-refractivity contribution in [3.05, 3.63) is 97.6 Å². The Kier molecular flexibility index (Phi) is 7.92. The molecule has 0 saturated carbocycles. The Hall–Kier alpha value is -3.28. The SMILES string of the molecule is COCCCn1cc(C(=O)c2cc(F)ccc2OCc2cccc(Br)c2)cc(C#N)c1=O. The molecule has 0 bridgehead atoms. The number of nitriles is 1. The Balaban J connectivity index is 1.94. The number of ketones is 1. The van der Waals surface area contributed by atoms with Crippen molar-refractivity contribution in [1.29, 1.82) is 5.26 Å². The highest BCUT2D eigenvalue weighted by Crippen LogP contribution is 2.25. The molecule has 8 heteroatoms. The van der Waals surface area contributed by atoms with Gasteiger partial charge in [0.15, 0.2) is 5.78 Å². The van der Waals surface area contributed by atoms with Crippen LogP contribution in [0.4, 0.5) is 4.39 Å². The standard InChI is InChI=1S/C24H20BrFN2O4/c1-31-9-3-8-28-14-18(11-17(13-27)24(28)30)23(29)21-12-20(26)6-7-22(21)32-15-16-4-2-5-19(25)10-16/h2,4-7,10-12,14H,3,8-9,15H2,1H3. The van der Waals surface area contributed by atoms with E-state index in [4.69, 9.17) is 9.47 Å². The van der Waals surface area contributed by atoms with E-state index in [1.807, 2.05) is 30.3 Å². The highest BCUT2D eigenvalue weighted by molar-refractivity contribution is 9.10. The van der Waals surface area contributed by atoms with E-state index < -0.39 is 17.2 Å². The lowest BCUT2D eigenvalue weighted by Crippen LogP contribution is -2.24. The third kappa shape index (κ3) is 5.69. The van der Waals surface area contributed by atoms with Crippen molar-refractivity contribution >= 4 is 21.7 Å². The molecule has 0 radical (unpaired) electrons. The highest BCUT2D eigenvalue weighted by atomic mass is 79.9. The molecule has 0 atom stereocenters. The maximum Gasteiger partial charge on any atom is 0.268 e. The van der Waals surface area contributed by atoms with Crippen LogP contribution in [0, 0.1) is 17.1 Å². The van der Waals surface area contributed by atoms with Gasteiger partial charge >= 0.3 is 0 Å². The number of aromatic nitrogens is 1. The molecule has 32 heavy (non-hydrogen) atoms. The van der Waals surface area contributed by atoms with Gasteiger partial charge in [0.05, 0.1) is 5.56 Å². The molecule has 0 spiro atoms. The summed E-state index contributed by atoms with van der Waals surface area (Å²) in [5, 5.41) is 9.33. The molecule has 164 valence electrons. The number of aryl methyl sites for hydroxylation is 1. The summed E-state index contributed by atoms with van der Waals surface area (Å²) in [5.74, 6) is -0.949. The van der Waals surface area contributed by atoms with Crippen LogP contribution in [0.5, 0.6) is 5.75 Å². The number of methoxy groups -OCH3 is 1. The minimum absolute atomic E-state index is 0.00553. The van der Waals surface area contributed by atoms with Gasteiger partial charge in [0, 0.05) is 36.5 Å². The van der Waals surface area contributed by atoms with Crippen LogP contribution in [0.3, 0.4) is 0 Å². The van der Waals surface area contributed by atoms with Gasteiger partial charge in [-0.25, -0.2) is 4.39 Å². The molecule has 0 aliphatic heterocycles.